The molecule has 4 nitrogen and oxygen atoms in total. The standard InChI is InChI=1S/C20H22F2N2O2/c1-26-19-7-2-14(12-18(19)22)13-24-10-8-17(9-11-24)23-20(25)15-3-5-16(21)6-4-15/h2-7,12,17H,8-11,13H2,1H3,(H,23,25). The number of carbonyl (C=O) groups is 1. The van der Waals surface area contributed by atoms with Crippen molar-refractivity contribution in [3.8, 4) is 5.75 Å². The number of methoxy groups -OCH3 is 1. The summed E-state index contributed by atoms with van der Waals surface area (Å²) in [6, 6.07) is 10.6. The summed E-state index contributed by atoms with van der Waals surface area (Å²) in [4.78, 5) is 14.4. The van der Waals surface area contributed by atoms with Gasteiger partial charge in [-0.15, -0.1) is 0 Å². The molecule has 1 fully saturated rings. The van der Waals surface area contributed by atoms with Crippen molar-refractivity contribution in [3.63, 3.8) is 0 Å². The predicted molar refractivity (Wildman–Crippen MR) is 95.1 cm³/mol. The molecule has 1 aliphatic rings. The van der Waals surface area contributed by atoms with Gasteiger partial charge in [0, 0.05) is 31.2 Å². The van der Waals surface area contributed by atoms with Crippen LogP contribution in [0.2, 0.25) is 0 Å². The molecule has 0 spiro atoms. The van der Waals surface area contributed by atoms with Crippen molar-refractivity contribution in [1.82, 2.24) is 10.2 Å². The molecule has 0 saturated carbocycles. The van der Waals surface area contributed by atoms with Crippen LogP contribution in [-0.4, -0.2) is 37.0 Å². The van der Waals surface area contributed by atoms with Crippen LogP contribution in [0.1, 0.15) is 28.8 Å². The Hall–Kier alpha value is -2.47. The van der Waals surface area contributed by atoms with Gasteiger partial charge in [-0.3, -0.25) is 9.69 Å². The number of nitrogens with zero attached hydrogens (tertiary/aromatic N) is 1. The first kappa shape index (κ1) is 18.3. The highest BCUT2D eigenvalue weighted by atomic mass is 19.1. The number of halogens is 2. The van der Waals surface area contributed by atoms with Gasteiger partial charge in [0.2, 0.25) is 0 Å². The van der Waals surface area contributed by atoms with Crippen molar-refractivity contribution in [1.29, 1.82) is 0 Å². The van der Waals surface area contributed by atoms with E-state index < -0.39 is 0 Å². The summed E-state index contributed by atoms with van der Waals surface area (Å²) in [6.07, 6.45) is 1.65. The van der Waals surface area contributed by atoms with Crippen molar-refractivity contribution in [3.05, 3.63) is 65.2 Å². The first-order valence-electron chi connectivity index (χ1n) is 8.66. The van der Waals surface area contributed by atoms with Crippen LogP contribution in [0.25, 0.3) is 0 Å². The first-order valence-corrected chi connectivity index (χ1v) is 8.66. The molecule has 1 N–H and O–H groups in total. The van der Waals surface area contributed by atoms with E-state index in [9.17, 15) is 13.6 Å². The second kappa shape index (κ2) is 8.27. The van der Waals surface area contributed by atoms with Gasteiger partial charge < -0.3 is 10.1 Å². The van der Waals surface area contributed by atoms with Gasteiger partial charge in [-0.2, -0.15) is 0 Å². The van der Waals surface area contributed by atoms with Crippen LogP contribution in [0.5, 0.6) is 5.75 Å². The topological polar surface area (TPSA) is 41.6 Å². The summed E-state index contributed by atoms with van der Waals surface area (Å²) in [5, 5.41) is 3.00. The minimum absolute atomic E-state index is 0.0939. The molecule has 0 aliphatic carbocycles. The second-order valence-electron chi connectivity index (χ2n) is 6.50. The lowest BCUT2D eigenvalue weighted by Crippen LogP contribution is -2.44. The zero-order valence-electron chi connectivity index (χ0n) is 14.7. The average Bonchev–Trinajstić information content (AvgIpc) is 2.64. The molecular weight excluding hydrogens is 338 g/mol. The van der Waals surface area contributed by atoms with E-state index in [4.69, 9.17) is 4.74 Å². The van der Waals surface area contributed by atoms with Crippen LogP contribution in [0.3, 0.4) is 0 Å². The summed E-state index contributed by atoms with van der Waals surface area (Å²) in [6.45, 7) is 2.31. The van der Waals surface area contributed by atoms with Gasteiger partial charge in [-0.05, 0) is 54.8 Å². The summed E-state index contributed by atoms with van der Waals surface area (Å²) < 4.78 is 31.6. The molecule has 1 aliphatic heterocycles. The van der Waals surface area contributed by atoms with Crippen LogP contribution in [0.15, 0.2) is 42.5 Å². The minimum Gasteiger partial charge on any atom is -0.494 e. The molecule has 3 rings (SSSR count). The number of benzene rings is 2. The zero-order chi connectivity index (χ0) is 18.5. The van der Waals surface area contributed by atoms with Crippen molar-refractivity contribution in [2.24, 2.45) is 0 Å². The Morgan fingerprint density at radius 3 is 2.46 bits per heavy atom. The van der Waals surface area contributed by atoms with Gasteiger partial charge in [0.1, 0.15) is 5.82 Å². The van der Waals surface area contributed by atoms with E-state index in [1.54, 1.807) is 6.07 Å². The van der Waals surface area contributed by atoms with Gasteiger partial charge >= 0.3 is 0 Å². The Morgan fingerprint density at radius 2 is 1.85 bits per heavy atom. The van der Waals surface area contributed by atoms with Crippen molar-refractivity contribution < 1.29 is 18.3 Å². The Bertz CT molecular complexity index is 757. The number of hydrogen-bond donors (Lipinski definition) is 1. The molecule has 1 saturated heterocycles. The molecule has 0 atom stereocenters. The Kier molecular flexibility index (Phi) is 5.83. The van der Waals surface area contributed by atoms with Crippen molar-refractivity contribution in [2.45, 2.75) is 25.4 Å². The average molecular weight is 360 g/mol. The highest BCUT2D eigenvalue weighted by Crippen LogP contribution is 2.20. The Morgan fingerprint density at radius 1 is 1.15 bits per heavy atom. The molecule has 0 radical (unpaired) electrons. The SMILES string of the molecule is COc1ccc(CN2CCC(NC(=O)c3ccc(F)cc3)CC2)cc1F. The van der Waals surface area contributed by atoms with Crippen LogP contribution in [0.4, 0.5) is 8.78 Å². The Labute approximate surface area is 151 Å². The van der Waals surface area contributed by atoms with E-state index in [2.05, 4.69) is 10.2 Å². The number of carbonyl (C=O) groups excluding carboxylic acids is 1. The number of nitrogens with one attached hydrogen (secondary N) is 1. The zero-order valence-corrected chi connectivity index (χ0v) is 14.7. The minimum atomic E-state index is -0.357. The number of likely N-dealkylation sites (tertiary alicyclic amines) is 1. The van der Waals surface area contributed by atoms with E-state index in [-0.39, 0.29) is 29.3 Å². The Balaban J connectivity index is 1.49. The molecule has 138 valence electrons. The highest BCUT2D eigenvalue weighted by Gasteiger charge is 2.21. The lowest BCUT2D eigenvalue weighted by molar-refractivity contribution is 0.0909. The van der Waals surface area contributed by atoms with Gasteiger partial charge in [0.25, 0.3) is 5.91 Å². The summed E-state index contributed by atoms with van der Waals surface area (Å²) in [5.41, 5.74) is 1.36. The van der Waals surface area contributed by atoms with Crippen molar-refractivity contribution >= 4 is 5.91 Å². The third-order valence-corrected chi connectivity index (χ3v) is 4.65. The number of amides is 1. The van der Waals surface area contributed by atoms with E-state index in [0.29, 0.717) is 12.1 Å². The molecule has 26 heavy (non-hydrogen) atoms. The number of rotatable bonds is 5. The molecule has 0 aromatic heterocycles. The normalized spacial score (nSPS) is 15.7. The molecule has 0 unspecified atom stereocenters. The van der Waals surface area contributed by atoms with Crippen LogP contribution < -0.4 is 10.1 Å². The lowest BCUT2D eigenvalue weighted by Gasteiger charge is -2.32. The fraction of sp³-hybridized carbons (Fsp3) is 0.350. The van der Waals surface area contributed by atoms with Gasteiger partial charge in [0.05, 0.1) is 7.11 Å². The maximum Gasteiger partial charge on any atom is 0.251 e. The molecule has 6 heteroatoms. The van der Waals surface area contributed by atoms with Crippen LogP contribution in [-0.2, 0) is 6.54 Å². The quantitative estimate of drug-likeness (QED) is 0.889. The molecular formula is C20H22F2N2O2. The van der Waals surface area contributed by atoms with Gasteiger partial charge in [-0.25, -0.2) is 8.78 Å². The first-order chi connectivity index (χ1) is 12.5. The number of piperidine rings is 1. The van der Waals surface area contributed by atoms with E-state index in [1.165, 1.54) is 37.4 Å². The maximum atomic E-state index is 13.8. The molecule has 2 aromatic carbocycles. The van der Waals surface area contributed by atoms with E-state index in [1.807, 2.05) is 6.07 Å². The summed E-state index contributed by atoms with van der Waals surface area (Å²) in [7, 11) is 1.45. The molecule has 2 aromatic rings. The molecule has 0 bridgehead atoms. The smallest absolute Gasteiger partial charge is 0.251 e. The van der Waals surface area contributed by atoms with Crippen LogP contribution in [0, 0.1) is 11.6 Å². The van der Waals surface area contributed by atoms with Crippen molar-refractivity contribution in [2.75, 3.05) is 20.2 Å². The molecule has 1 heterocycles. The van der Waals surface area contributed by atoms with E-state index in [0.717, 1.165) is 31.5 Å². The third-order valence-electron chi connectivity index (χ3n) is 4.65. The molecule has 1 amide bonds. The number of hydrogen-bond acceptors (Lipinski definition) is 3. The lowest BCUT2D eigenvalue weighted by atomic mass is 10.0. The largest absolute Gasteiger partial charge is 0.494 e. The van der Waals surface area contributed by atoms with Gasteiger partial charge in [0.15, 0.2) is 11.6 Å². The van der Waals surface area contributed by atoms with Crippen LogP contribution >= 0.6 is 0 Å². The maximum absolute atomic E-state index is 13.8. The predicted octanol–water partition coefficient (Wildman–Crippen LogP) is 3.37. The highest BCUT2D eigenvalue weighted by molar-refractivity contribution is 5.94. The summed E-state index contributed by atoms with van der Waals surface area (Å²) >= 11 is 0. The second-order valence-corrected chi connectivity index (χ2v) is 6.50. The summed E-state index contributed by atoms with van der Waals surface area (Å²) in [5.74, 6) is -0.645. The number of ether oxygens (including phenoxy) is 1. The van der Waals surface area contributed by atoms with Gasteiger partial charge in [-0.1, -0.05) is 6.07 Å². The third kappa shape index (κ3) is 4.58. The van der Waals surface area contributed by atoms with E-state index >= 15 is 0 Å². The monoisotopic (exact) mass is 360 g/mol. The fourth-order valence-corrected chi connectivity index (χ4v) is 3.17. The fourth-order valence-electron chi connectivity index (χ4n) is 3.17.